The predicted molar refractivity (Wildman–Crippen MR) is 103 cm³/mol. The number of amides is 1. The first-order chi connectivity index (χ1) is 12.5. The van der Waals surface area contributed by atoms with E-state index in [0.717, 1.165) is 28.8 Å². The van der Waals surface area contributed by atoms with E-state index in [1.54, 1.807) is 17.8 Å². The summed E-state index contributed by atoms with van der Waals surface area (Å²) in [4.78, 5) is 25.2. The number of rotatable bonds is 3. The van der Waals surface area contributed by atoms with Gasteiger partial charge in [0.1, 0.15) is 0 Å². The minimum atomic E-state index is -0.0281. The van der Waals surface area contributed by atoms with Crippen LogP contribution in [0.2, 0.25) is 0 Å². The number of hydrogen-bond donors (Lipinski definition) is 1. The zero-order valence-electron chi connectivity index (χ0n) is 15.3. The van der Waals surface area contributed by atoms with Crippen molar-refractivity contribution < 1.29 is 4.79 Å². The van der Waals surface area contributed by atoms with Gasteiger partial charge in [-0.1, -0.05) is 6.07 Å². The van der Waals surface area contributed by atoms with Crippen molar-refractivity contribution in [1.82, 2.24) is 4.57 Å². The monoisotopic (exact) mass is 350 g/mol. The van der Waals surface area contributed by atoms with Gasteiger partial charge in [-0.05, 0) is 79.9 Å². The zero-order valence-corrected chi connectivity index (χ0v) is 15.3. The van der Waals surface area contributed by atoms with Crippen LogP contribution in [0.25, 0.3) is 10.8 Å². The molecule has 0 unspecified atom stereocenters. The Morgan fingerprint density at radius 3 is 2.38 bits per heavy atom. The lowest BCUT2D eigenvalue weighted by atomic mass is 9.49. The first kappa shape index (κ1) is 16.1. The molecule has 4 aliphatic carbocycles. The number of aromatic nitrogens is 1. The van der Waals surface area contributed by atoms with Crippen molar-refractivity contribution in [3.05, 3.63) is 40.8 Å². The van der Waals surface area contributed by atoms with Crippen LogP contribution in [0.1, 0.15) is 44.9 Å². The average Bonchev–Trinajstić information content (AvgIpc) is 2.57. The van der Waals surface area contributed by atoms with Crippen LogP contribution in [0.5, 0.6) is 0 Å². The quantitative estimate of drug-likeness (QED) is 0.907. The summed E-state index contributed by atoms with van der Waals surface area (Å²) in [6.45, 7) is 0. The third-order valence-corrected chi connectivity index (χ3v) is 7.10. The molecule has 4 heteroatoms. The fraction of sp³-hybridized carbons (Fsp3) is 0.545. The number of hydrogen-bond acceptors (Lipinski definition) is 2. The molecule has 1 heterocycles. The summed E-state index contributed by atoms with van der Waals surface area (Å²) in [7, 11) is 1.75. The number of anilines is 1. The number of aryl methyl sites for hydroxylation is 1. The molecule has 1 amide bonds. The Hall–Kier alpha value is -2.10. The van der Waals surface area contributed by atoms with E-state index in [2.05, 4.69) is 5.32 Å². The SMILES string of the molecule is Cn1ccc2c(NC(=O)CC34CC5CC(CC(C5)C3)C4)cccc2c1=O. The van der Waals surface area contributed by atoms with Gasteiger partial charge >= 0.3 is 0 Å². The lowest BCUT2D eigenvalue weighted by molar-refractivity contribution is -0.124. The Bertz CT molecular complexity index is 908. The van der Waals surface area contributed by atoms with Crippen LogP contribution in [-0.2, 0) is 11.8 Å². The van der Waals surface area contributed by atoms with Gasteiger partial charge in [0.2, 0.25) is 5.91 Å². The molecule has 1 N–H and O–H groups in total. The first-order valence-electron chi connectivity index (χ1n) is 9.90. The minimum absolute atomic E-state index is 0.0281. The topological polar surface area (TPSA) is 51.1 Å². The second-order valence-electron chi connectivity index (χ2n) is 9.14. The maximum atomic E-state index is 12.9. The molecule has 1 aromatic heterocycles. The molecule has 4 aliphatic rings. The first-order valence-corrected chi connectivity index (χ1v) is 9.90. The maximum Gasteiger partial charge on any atom is 0.258 e. The number of nitrogens with one attached hydrogen (secondary N) is 1. The third-order valence-electron chi connectivity index (χ3n) is 7.10. The van der Waals surface area contributed by atoms with Crippen molar-refractivity contribution in [2.24, 2.45) is 30.2 Å². The highest BCUT2D eigenvalue weighted by molar-refractivity contribution is 6.01. The highest BCUT2D eigenvalue weighted by atomic mass is 16.1. The summed E-state index contributed by atoms with van der Waals surface area (Å²) < 4.78 is 1.57. The Morgan fingerprint density at radius 1 is 1.08 bits per heavy atom. The summed E-state index contributed by atoms with van der Waals surface area (Å²) in [6, 6.07) is 7.49. The highest BCUT2D eigenvalue weighted by Gasteiger charge is 2.51. The zero-order chi connectivity index (χ0) is 17.9. The summed E-state index contributed by atoms with van der Waals surface area (Å²) in [5, 5.41) is 4.60. The molecule has 1 aromatic carbocycles. The third kappa shape index (κ3) is 2.58. The van der Waals surface area contributed by atoms with Gasteiger partial charge in [0, 0.05) is 36.1 Å². The molecule has 0 saturated heterocycles. The molecule has 0 radical (unpaired) electrons. The Kier molecular flexibility index (Phi) is 3.53. The van der Waals surface area contributed by atoms with Crippen LogP contribution in [-0.4, -0.2) is 10.5 Å². The van der Waals surface area contributed by atoms with E-state index < -0.39 is 0 Å². The van der Waals surface area contributed by atoms with E-state index >= 15 is 0 Å². The van der Waals surface area contributed by atoms with Crippen LogP contribution in [0.4, 0.5) is 5.69 Å². The number of carbonyl (C=O) groups excluding carboxylic acids is 1. The normalized spacial score (nSPS) is 32.1. The summed E-state index contributed by atoms with van der Waals surface area (Å²) in [6.07, 6.45) is 10.3. The standard InChI is InChI=1S/C22H26N2O2/c1-24-6-5-17-18(21(24)26)3-2-4-19(17)23-20(25)13-22-10-14-7-15(11-22)9-16(8-14)12-22/h2-6,14-16H,7-13H2,1H3,(H,23,25). The van der Waals surface area contributed by atoms with Gasteiger partial charge < -0.3 is 9.88 Å². The molecule has 2 aromatic rings. The van der Waals surface area contributed by atoms with Gasteiger partial charge in [0.05, 0.1) is 0 Å². The maximum absolute atomic E-state index is 12.9. The smallest absolute Gasteiger partial charge is 0.258 e. The fourth-order valence-corrected chi connectivity index (χ4v) is 6.53. The Morgan fingerprint density at radius 2 is 1.73 bits per heavy atom. The van der Waals surface area contributed by atoms with E-state index in [9.17, 15) is 9.59 Å². The van der Waals surface area contributed by atoms with Crippen molar-refractivity contribution in [1.29, 1.82) is 0 Å². The van der Waals surface area contributed by atoms with Crippen LogP contribution >= 0.6 is 0 Å². The number of benzene rings is 1. The second-order valence-corrected chi connectivity index (χ2v) is 9.14. The highest BCUT2D eigenvalue weighted by Crippen LogP contribution is 2.61. The van der Waals surface area contributed by atoms with Crippen LogP contribution in [0.15, 0.2) is 35.3 Å². The molecule has 4 bridgehead atoms. The van der Waals surface area contributed by atoms with Gasteiger partial charge in [-0.25, -0.2) is 0 Å². The van der Waals surface area contributed by atoms with E-state index in [4.69, 9.17) is 0 Å². The lowest BCUT2D eigenvalue weighted by Gasteiger charge is -2.56. The van der Waals surface area contributed by atoms with Crippen molar-refractivity contribution in [2.75, 3.05) is 5.32 Å². The average molecular weight is 350 g/mol. The van der Waals surface area contributed by atoms with Gasteiger partial charge in [0.25, 0.3) is 5.56 Å². The van der Waals surface area contributed by atoms with E-state index in [1.165, 1.54) is 38.5 Å². The van der Waals surface area contributed by atoms with Gasteiger partial charge in [-0.3, -0.25) is 9.59 Å². The van der Waals surface area contributed by atoms with Crippen LogP contribution in [0, 0.1) is 23.2 Å². The van der Waals surface area contributed by atoms with Crippen molar-refractivity contribution in [3.8, 4) is 0 Å². The number of nitrogens with zero attached hydrogens (tertiary/aromatic N) is 1. The Labute approximate surface area is 153 Å². The minimum Gasteiger partial charge on any atom is -0.325 e. The van der Waals surface area contributed by atoms with Crippen molar-refractivity contribution in [3.63, 3.8) is 0 Å². The lowest BCUT2D eigenvalue weighted by Crippen LogP contribution is -2.47. The van der Waals surface area contributed by atoms with E-state index in [-0.39, 0.29) is 16.9 Å². The van der Waals surface area contributed by atoms with Gasteiger partial charge in [-0.2, -0.15) is 0 Å². The van der Waals surface area contributed by atoms with Crippen LogP contribution < -0.4 is 10.9 Å². The molecular weight excluding hydrogens is 324 g/mol. The summed E-state index contributed by atoms with van der Waals surface area (Å²) >= 11 is 0. The molecule has 4 nitrogen and oxygen atoms in total. The second kappa shape index (κ2) is 5.70. The molecule has 0 atom stereocenters. The van der Waals surface area contributed by atoms with Crippen molar-refractivity contribution >= 4 is 22.4 Å². The Balaban J connectivity index is 1.39. The largest absolute Gasteiger partial charge is 0.325 e. The van der Waals surface area contributed by atoms with Gasteiger partial charge in [0.15, 0.2) is 0 Å². The molecule has 136 valence electrons. The molecule has 26 heavy (non-hydrogen) atoms. The molecule has 0 aliphatic heterocycles. The van der Waals surface area contributed by atoms with E-state index in [1.807, 2.05) is 24.3 Å². The molecule has 0 spiro atoms. The van der Waals surface area contributed by atoms with Crippen molar-refractivity contribution in [2.45, 2.75) is 44.9 Å². The number of pyridine rings is 1. The fourth-order valence-electron chi connectivity index (χ4n) is 6.53. The predicted octanol–water partition coefficient (Wildman–Crippen LogP) is 4.08. The number of fused-ring (bicyclic) bond motifs is 1. The summed E-state index contributed by atoms with van der Waals surface area (Å²) in [5.74, 6) is 2.68. The van der Waals surface area contributed by atoms with Gasteiger partial charge in [-0.15, -0.1) is 0 Å². The molecule has 6 rings (SSSR count). The molecule has 4 fully saturated rings. The molecule has 4 saturated carbocycles. The molecular formula is C22H26N2O2. The van der Waals surface area contributed by atoms with Crippen LogP contribution in [0.3, 0.4) is 0 Å². The number of carbonyl (C=O) groups is 1. The summed E-state index contributed by atoms with van der Waals surface area (Å²) in [5.41, 5.74) is 0.967. The van der Waals surface area contributed by atoms with E-state index in [0.29, 0.717) is 11.8 Å².